The fraction of sp³-hybridized carbons (Fsp3) is 0. The van der Waals surface area contributed by atoms with Crippen LogP contribution in [0.25, 0.3) is 6.08 Å². The maximum Gasteiger partial charge on any atom is 0.266 e. The normalized spacial score (nSPS) is 10.9. The molecule has 0 bridgehead atoms. The van der Waals surface area contributed by atoms with Crippen LogP contribution in [0.3, 0.4) is 0 Å². The van der Waals surface area contributed by atoms with E-state index in [0.29, 0.717) is 11.3 Å². The van der Waals surface area contributed by atoms with Gasteiger partial charge in [-0.3, -0.25) is 4.79 Å². The summed E-state index contributed by atoms with van der Waals surface area (Å²) in [5.74, 6) is -0.790. The number of nitrogens with one attached hydrogen (secondary N) is 1. The monoisotopic (exact) mass is 332 g/mol. The van der Waals surface area contributed by atoms with Crippen LogP contribution in [-0.4, -0.2) is 11.0 Å². The molecule has 22 heavy (non-hydrogen) atoms. The molecular formula is C16H10Cl2N2O2. The van der Waals surface area contributed by atoms with Crippen LogP contribution < -0.4 is 5.32 Å². The third kappa shape index (κ3) is 3.79. The first-order valence-electron chi connectivity index (χ1n) is 6.17. The number of benzene rings is 2. The first kappa shape index (κ1) is 15.9. The predicted octanol–water partition coefficient (Wildman–Crippen LogP) is 4.24. The van der Waals surface area contributed by atoms with Gasteiger partial charge in [0.15, 0.2) is 5.75 Å². The van der Waals surface area contributed by atoms with Crippen molar-refractivity contribution in [1.82, 2.24) is 0 Å². The maximum atomic E-state index is 12.1. The van der Waals surface area contributed by atoms with E-state index in [1.807, 2.05) is 12.1 Å². The van der Waals surface area contributed by atoms with Gasteiger partial charge in [-0.1, -0.05) is 41.4 Å². The molecule has 4 nitrogen and oxygen atoms in total. The van der Waals surface area contributed by atoms with Gasteiger partial charge in [0.1, 0.15) is 11.6 Å². The van der Waals surface area contributed by atoms with E-state index in [2.05, 4.69) is 5.32 Å². The molecular weight excluding hydrogens is 323 g/mol. The summed E-state index contributed by atoms with van der Waals surface area (Å²) in [5.41, 5.74) is 0.907. The molecule has 0 radical (unpaired) electrons. The molecule has 0 unspecified atom stereocenters. The van der Waals surface area contributed by atoms with E-state index >= 15 is 0 Å². The van der Waals surface area contributed by atoms with Crippen molar-refractivity contribution in [3.05, 3.63) is 63.6 Å². The summed E-state index contributed by atoms with van der Waals surface area (Å²) in [6.07, 6.45) is 1.34. The SMILES string of the molecule is N#CC(=Cc1cc(Cl)c(O)c(Cl)c1)C(=O)Nc1ccccc1. The molecule has 1 amide bonds. The smallest absolute Gasteiger partial charge is 0.266 e. The fourth-order valence-corrected chi connectivity index (χ4v) is 2.21. The molecule has 0 atom stereocenters. The van der Waals surface area contributed by atoms with E-state index in [4.69, 9.17) is 28.5 Å². The summed E-state index contributed by atoms with van der Waals surface area (Å²) in [6, 6.07) is 13.4. The number of hydrogen-bond donors (Lipinski definition) is 2. The highest BCUT2D eigenvalue weighted by Crippen LogP contribution is 2.33. The summed E-state index contributed by atoms with van der Waals surface area (Å²) in [7, 11) is 0. The van der Waals surface area contributed by atoms with E-state index < -0.39 is 5.91 Å². The highest BCUT2D eigenvalue weighted by Gasteiger charge is 2.11. The number of rotatable bonds is 3. The first-order valence-corrected chi connectivity index (χ1v) is 6.93. The molecule has 0 saturated carbocycles. The minimum absolute atomic E-state index is 0.0412. The lowest BCUT2D eigenvalue weighted by molar-refractivity contribution is -0.112. The Morgan fingerprint density at radius 1 is 1.18 bits per heavy atom. The molecule has 0 aliphatic carbocycles. The average Bonchev–Trinajstić information content (AvgIpc) is 2.51. The van der Waals surface area contributed by atoms with E-state index in [9.17, 15) is 9.90 Å². The van der Waals surface area contributed by atoms with Crippen molar-refractivity contribution in [2.45, 2.75) is 0 Å². The number of para-hydroxylation sites is 1. The Balaban J connectivity index is 2.28. The summed E-state index contributed by atoms with van der Waals surface area (Å²) in [6.45, 7) is 0. The molecule has 0 heterocycles. The van der Waals surface area contributed by atoms with Gasteiger partial charge < -0.3 is 10.4 Å². The van der Waals surface area contributed by atoms with Gasteiger partial charge in [-0.05, 0) is 35.9 Å². The van der Waals surface area contributed by atoms with Crippen LogP contribution in [0.5, 0.6) is 5.75 Å². The summed E-state index contributed by atoms with van der Waals surface area (Å²) in [5, 5.41) is 21.3. The Bertz CT molecular complexity index is 757. The van der Waals surface area contributed by atoms with Gasteiger partial charge in [-0.25, -0.2) is 0 Å². The van der Waals surface area contributed by atoms with Gasteiger partial charge in [0.05, 0.1) is 10.0 Å². The number of anilines is 1. The van der Waals surface area contributed by atoms with Gasteiger partial charge in [-0.2, -0.15) is 5.26 Å². The standard InChI is InChI=1S/C16H10Cl2N2O2/c17-13-7-10(8-14(18)15(13)21)6-11(9-19)16(22)20-12-4-2-1-3-5-12/h1-8,21H,(H,20,22). The zero-order valence-electron chi connectivity index (χ0n) is 11.2. The number of halogens is 2. The van der Waals surface area contributed by atoms with Crippen molar-refractivity contribution >= 4 is 40.9 Å². The topological polar surface area (TPSA) is 73.1 Å². The molecule has 110 valence electrons. The molecule has 0 aliphatic heterocycles. The molecule has 0 aliphatic rings. The summed E-state index contributed by atoms with van der Waals surface area (Å²) < 4.78 is 0. The average molecular weight is 333 g/mol. The molecule has 0 aromatic heterocycles. The van der Waals surface area contributed by atoms with Crippen molar-refractivity contribution < 1.29 is 9.90 Å². The van der Waals surface area contributed by atoms with E-state index in [1.165, 1.54) is 18.2 Å². The minimum atomic E-state index is -0.547. The van der Waals surface area contributed by atoms with Crippen LogP contribution in [0.15, 0.2) is 48.0 Å². The highest BCUT2D eigenvalue weighted by atomic mass is 35.5. The number of amides is 1. The highest BCUT2D eigenvalue weighted by molar-refractivity contribution is 6.37. The minimum Gasteiger partial charge on any atom is -0.505 e. The van der Waals surface area contributed by atoms with Gasteiger partial charge in [0.25, 0.3) is 5.91 Å². The Morgan fingerprint density at radius 3 is 2.32 bits per heavy atom. The van der Waals surface area contributed by atoms with Gasteiger partial charge >= 0.3 is 0 Å². The van der Waals surface area contributed by atoms with Crippen LogP contribution in [0.4, 0.5) is 5.69 Å². The van der Waals surface area contributed by atoms with Gasteiger partial charge in [-0.15, -0.1) is 0 Å². The van der Waals surface area contributed by atoms with E-state index in [0.717, 1.165) is 0 Å². The number of aromatic hydroxyl groups is 1. The number of nitrogens with zero attached hydrogens (tertiary/aromatic N) is 1. The Morgan fingerprint density at radius 2 is 1.77 bits per heavy atom. The zero-order valence-corrected chi connectivity index (χ0v) is 12.7. The van der Waals surface area contributed by atoms with Gasteiger partial charge in [0, 0.05) is 5.69 Å². The first-order chi connectivity index (χ1) is 10.5. The fourth-order valence-electron chi connectivity index (χ4n) is 1.70. The molecule has 2 rings (SSSR count). The second kappa shape index (κ2) is 6.99. The molecule has 2 aromatic rings. The number of phenols is 1. The second-order valence-corrected chi connectivity index (χ2v) is 5.14. The lowest BCUT2D eigenvalue weighted by atomic mass is 10.1. The van der Waals surface area contributed by atoms with Crippen molar-refractivity contribution in [1.29, 1.82) is 5.26 Å². The number of hydrogen-bond acceptors (Lipinski definition) is 3. The predicted molar refractivity (Wildman–Crippen MR) is 86.8 cm³/mol. The van der Waals surface area contributed by atoms with Crippen LogP contribution in [0.1, 0.15) is 5.56 Å². The number of carbonyl (C=O) groups is 1. The zero-order chi connectivity index (χ0) is 16.1. The lowest BCUT2D eigenvalue weighted by Gasteiger charge is -2.05. The molecule has 0 saturated heterocycles. The van der Waals surface area contributed by atoms with Crippen LogP contribution >= 0.6 is 23.2 Å². The molecule has 6 heteroatoms. The molecule has 0 fully saturated rings. The van der Waals surface area contributed by atoms with Crippen molar-refractivity contribution in [3.63, 3.8) is 0 Å². The number of nitriles is 1. The lowest BCUT2D eigenvalue weighted by Crippen LogP contribution is -2.13. The van der Waals surface area contributed by atoms with Crippen molar-refractivity contribution in [3.8, 4) is 11.8 Å². The molecule has 0 spiro atoms. The maximum absolute atomic E-state index is 12.1. The van der Waals surface area contributed by atoms with Crippen molar-refractivity contribution in [2.75, 3.05) is 5.32 Å². The third-order valence-electron chi connectivity index (χ3n) is 2.75. The van der Waals surface area contributed by atoms with E-state index in [-0.39, 0.29) is 21.4 Å². The Kier molecular flexibility index (Phi) is 5.05. The van der Waals surface area contributed by atoms with Gasteiger partial charge in [0.2, 0.25) is 0 Å². The number of phenolic OH excluding ortho intramolecular Hbond substituents is 1. The van der Waals surface area contributed by atoms with E-state index in [1.54, 1.807) is 24.3 Å². The van der Waals surface area contributed by atoms with Crippen LogP contribution in [-0.2, 0) is 4.79 Å². The number of carbonyl (C=O) groups excluding carboxylic acids is 1. The quantitative estimate of drug-likeness (QED) is 0.652. The summed E-state index contributed by atoms with van der Waals surface area (Å²) in [4.78, 5) is 12.1. The summed E-state index contributed by atoms with van der Waals surface area (Å²) >= 11 is 11.6. The largest absolute Gasteiger partial charge is 0.505 e. The Labute approximate surface area is 137 Å². The Hall–Kier alpha value is -2.48. The van der Waals surface area contributed by atoms with Crippen LogP contribution in [0.2, 0.25) is 10.0 Å². The molecule has 2 N–H and O–H groups in total. The molecule has 2 aromatic carbocycles. The van der Waals surface area contributed by atoms with Crippen molar-refractivity contribution in [2.24, 2.45) is 0 Å². The third-order valence-corrected chi connectivity index (χ3v) is 3.32. The van der Waals surface area contributed by atoms with Crippen LogP contribution in [0, 0.1) is 11.3 Å². The second-order valence-electron chi connectivity index (χ2n) is 4.32.